The van der Waals surface area contributed by atoms with Gasteiger partial charge in [0.25, 0.3) is 0 Å². The van der Waals surface area contributed by atoms with Gasteiger partial charge < -0.3 is 9.47 Å². The SMILES string of the molecule is CS(=O)(=O)CCS(=O)(=O)NC1CCC2(CC1)OCCO2. The fraction of sp³-hybridized carbons (Fsp3) is 1.00. The Labute approximate surface area is 120 Å². The Bertz CT molecular complexity index is 525. The van der Waals surface area contributed by atoms with E-state index in [9.17, 15) is 16.8 Å². The van der Waals surface area contributed by atoms with Crippen molar-refractivity contribution < 1.29 is 26.3 Å². The molecule has 9 heteroatoms. The summed E-state index contributed by atoms with van der Waals surface area (Å²) in [4.78, 5) is 0. The van der Waals surface area contributed by atoms with Crippen molar-refractivity contribution in [3.8, 4) is 0 Å². The second-order valence-corrected chi connectivity index (χ2v) is 9.58. The minimum absolute atomic E-state index is 0.169. The summed E-state index contributed by atoms with van der Waals surface area (Å²) in [7, 11) is -6.84. The maximum absolute atomic E-state index is 11.8. The van der Waals surface area contributed by atoms with E-state index < -0.39 is 25.6 Å². The number of nitrogens with one attached hydrogen (secondary N) is 1. The van der Waals surface area contributed by atoms with Crippen molar-refractivity contribution in [2.75, 3.05) is 31.0 Å². The van der Waals surface area contributed by atoms with Gasteiger partial charge in [0.1, 0.15) is 9.84 Å². The van der Waals surface area contributed by atoms with Crippen LogP contribution in [0.1, 0.15) is 25.7 Å². The van der Waals surface area contributed by atoms with Crippen molar-refractivity contribution in [3.63, 3.8) is 0 Å². The summed E-state index contributed by atoms with van der Waals surface area (Å²) >= 11 is 0. The van der Waals surface area contributed by atoms with Gasteiger partial charge in [-0.3, -0.25) is 0 Å². The van der Waals surface area contributed by atoms with E-state index in [0.717, 1.165) is 6.26 Å². The second-order valence-electron chi connectivity index (χ2n) is 5.45. The number of hydrogen-bond acceptors (Lipinski definition) is 6. The molecule has 0 aromatic carbocycles. The number of sulfonamides is 1. The predicted octanol–water partition coefficient (Wildman–Crippen LogP) is -0.364. The maximum Gasteiger partial charge on any atom is 0.212 e. The van der Waals surface area contributed by atoms with E-state index in [1.165, 1.54) is 0 Å². The Morgan fingerprint density at radius 2 is 1.60 bits per heavy atom. The van der Waals surface area contributed by atoms with E-state index in [4.69, 9.17) is 9.47 Å². The van der Waals surface area contributed by atoms with Crippen LogP contribution < -0.4 is 4.72 Å². The Morgan fingerprint density at radius 3 is 2.10 bits per heavy atom. The fourth-order valence-electron chi connectivity index (χ4n) is 2.54. The number of sulfone groups is 1. The summed E-state index contributed by atoms with van der Waals surface area (Å²) in [5.41, 5.74) is 0. The zero-order valence-electron chi connectivity index (χ0n) is 11.5. The van der Waals surface area contributed by atoms with Crippen molar-refractivity contribution in [3.05, 3.63) is 0 Å². The molecule has 2 rings (SSSR count). The quantitative estimate of drug-likeness (QED) is 0.740. The van der Waals surface area contributed by atoms with Gasteiger partial charge in [-0.05, 0) is 12.8 Å². The largest absolute Gasteiger partial charge is 0.348 e. The normalized spacial score (nSPS) is 24.2. The van der Waals surface area contributed by atoms with Crippen molar-refractivity contribution in [1.29, 1.82) is 0 Å². The summed E-state index contributed by atoms with van der Waals surface area (Å²) in [6.07, 6.45) is 3.62. The number of rotatable bonds is 5. The highest BCUT2D eigenvalue weighted by molar-refractivity contribution is 7.93. The van der Waals surface area contributed by atoms with Gasteiger partial charge in [0.2, 0.25) is 10.0 Å². The lowest BCUT2D eigenvalue weighted by atomic mass is 9.91. The molecule has 20 heavy (non-hydrogen) atoms. The first kappa shape index (κ1) is 16.2. The molecule has 2 fully saturated rings. The van der Waals surface area contributed by atoms with Gasteiger partial charge in [0, 0.05) is 25.1 Å². The molecule has 1 saturated carbocycles. The van der Waals surface area contributed by atoms with Gasteiger partial charge in [0.05, 0.1) is 24.7 Å². The third-order valence-corrected chi connectivity index (χ3v) is 6.27. The first-order chi connectivity index (χ1) is 9.20. The molecule has 0 aromatic heterocycles. The van der Waals surface area contributed by atoms with Crippen LogP contribution in [0, 0.1) is 0 Å². The van der Waals surface area contributed by atoms with Crippen LogP contribution in [0.15, 0.2) is 0 Å². The van der Waals surface area contributed by atoms with Gasteiger partial charge in [0.15, 0.2) is 5.79 Å². The number of ether oxygens (including phenoxy) is 2. The Hall–Kier alpha value is -0.220. The molecule has 118 valence electrons. The molecular formula is C11H21NO6S2. The highest BCUT2D eigenvalue weighted by Crippen LogP contribution is 2.35. The standard InChI is InChI=1S/C11H21NO6S2/c1-19(13,14)8-9-20(15,16)12-10-2-4-11(5-3-10)17-6-7-18-11/h10,12H,2-9H2,1H3. The van der Waals surface area contributed by atoms with Gasteiger partial charge >= 0.3 is 0 Å². The monoisotopic (exact) mass is 327 g/mol. The van der Waals surface area contributed by atoms with Crippen molar-refractivity contribution in [2.45, 2.75) is 37.5 Å². The molecular weight excluding hydrogens is 306 g/mol. The highest BCUT2D eigenvalue weighted by atomic mass is 32.2. The zero-order valence-corrected chi connectivity index (χ0v) is 13.1. The third kappa shape index (κ3) is 4.66. The van der Waals surface area contributed by atoms with Crippen LogP contribution in [0.2, 0.25) is 0 Å². The van der Waals surface area contributed by atoms with Gasteiger partial charge in [-0.15, -0.1) is 0 Å². The lowest BCUT2D eigenvalue weighted by molar-refractivity contribution is -0.178. The molecule has 0 amide bonds. The summed E-state index contributed by atoms with van der Waals surface area (Å²) in [5.74, 6) is -1.26. The molecule has 0 radical (unpaired) electrons. The average Bonchev–Trinajstić information content (AvgIpc) is 2.78. The smallest absolute Gasteiger partial charge is 0.212 e. The lowest BCUT2D eigenvalue weighted by Crippen LogP contribution is -2.45. The second kappa shape index (κ2) is 5.88. The first-order valence-electron chi connectivity index (χ1n) is 6.65. The van der Waals surface area contributed by atoms with E-state index in [-0.39, 0.29) is 17.5 Å². The molecule has 0 bridgehead atoms. The molecule has 1 N–H and O–H groups in total. The van der Waals surface area contributed by atoms with Crippen LogP contribution in [0.5, 0.6) is 0 Å². The van der Waals surface area contributed by atoms with Crippen molar-refractivity contribution >= 4 is 19.9 Å². The van der Waals surface area contributed by atoms with Crippen LogP contribution in [0.25, 0.3) is 0 Å². The number of hydrogen-bond donors (Lipinski definition) is 1. The Morgan fingerprint density at radius 1 is 1.05 bits per heavy atom. The van der Waals surface area contributed by atoms with Crippen LogP contribution >= 0.6 is 0 Å². The molecule has 1 saturated heterocycles. The van der Waals surface area contributed by atoms with Gasteiger partial charge in [-0.1, -0.05) is 0 Å². The molecule has 1 heterocycles. The van der Waals surface area contributed by atoms with Crippen LogP contribution in [-0.4, -0.2) is 59.6 Å². The third-order valence-electron chi connectivity index (χ3n) is 3.63. The van der Waals surface area contributed by atoms with E-state index in [1.807, 2.05) is 0 Å². The topological polar surface area (TPSA) is 98.8 Å². The molecule has 7 nitrogen and oxygen atoms in total. The molecule has 2 aliphatic rings. The molecule has 1 aliphatic carbocycles. The molecule has 0 aromatic rings. The van der Waals surface area contributed by atoms with Crippen LogP contribution in [0.4, 0.5) is 0 Å². The Kier molecular flexibility index (Phi) is 4.75. The summed E-state index contributed by atoms with van der Waals surface area (Å²) < 4.78 is 59.4. The first-order valence-corrected chi connectivity index (χ1v) is 10.4. The van der Waals surface area contributed by atoms with Crippen LogP contribution in [0.3, 0.4) is 0 Å². The Balaban J connectivity index is 1.82. The van der Waals surface area contributed by atoms with E-state index >= 15 is 0 Å². The zero-order chi connectivity index (χ0) is 14.9. The molecule has 0 unspecified atom stereocenters. The highest BCUT2D eigenvalue weighted by Gasteiger charge is 2.40. The van der Waals surface area contributed by atoms with E-state index in [2.05, 4.69) is 4.72 Å². The summed E-state index contributed by atoms with van der Waals surface area (Å²) in [5, 5.41) is 0. The molecule has 1 spiro atoms. The summed E-state index contributed by atoms with van der Waals surface area (Å²) in [6, 6.07) is -0.169. The molecule has 0 atom stereocenters. The summed E-state index contributed by atoms with van der Waals surface area (Å²) in [6.45, 7) is 1.18. The van der Waals surface area contributed by atoms with Crippen LogP contribution in [-0.2, 0) is 29.3 Å². The van der Waals surface area contributed by atoms with Crippen molar-refractivity contribution in [1.82, 2.24) is 4.72 Å². The van der Waals surface area contributed by atoms with Gasteiger partial charge in [-0.2, -0.15) is 0 Å². The van der Waals surface area contributed by atoms with Crippen molar-refractivity contribution in [2.24, 2.45) is 0 Å². The minimum Gasteiger partial charge on any atom is -0.348 e. The van der Waals surface area contributed by atoms with E-state index in [0.29, 0.717) is 38.9 Å². The molecule has 1 aliphatic heterocycles. The minimum atomic E-state index is -3.56. The maximum atomic E-state index is 11.8. The average molecular weight is 327 g/mol. The van der Waals surface area contributed by atoms with E-state index in [1.54, 1.807) is 0 Å². The fourth-order valence-corrected chi connectivity index (χ4v) is 5.49. The predicted molar refractivity (Wildman–Crippen MR) is 73.5 cm³/mol. The van der Waals surface area contributed by atoms with Gasteiger partial charge in [-0.25, -0.2) is 21.6 Å². The lowest BCUT2D eigenvalue weighted by Gasteiger charge is -2.35.